The SMILES string of the molecule is C=C(C)CNC(=O)CSCCc1ccccc1. The molecule has 17 heavy (non-hydrogen) atoms. The third kappa shape index (κ3) is 6.84. The molecule has 0 radical (unpaired) electrons. The second-order valence-electron chi connectivity index (χ2n) is 4.02. The number of benzene rings is 1. The predicted octanol–water partition coefficient (Wildman–Crippen LogP) is 2.65. The Morgan fingerprint density at radius 2 is 2.06 bits per heavy atom. The number of carbonyl (C=O) groups excluding carboxylic acids is 1. The van der Waals surface area contributed by atoms with Gasteiger partial charge in [-0.25, -0.2) is 0 Å². The van der Waals surface area contributed by atoms with Crippen molar-refractivity contribution in [3.63, 3.8) is 0 Å². The molecule has 2 nitrogen and oxygen atoms in total. The molecular weight excluding hydrogens is 230 g/mol. The highest BCUT2D eigenvalue weighted by molar-refractivity contribution is 7.99. The molecule has 0 aliphatic rings. The van der Waals surface area contributed by atoms with Gasteiger partial charge in [0, 0.05) is 6.54 Å². The van der Waals surface area contributed by atoms with Crippen LogP contribution >= 0.6 is 11.8 Å². The van der Waals surface area contributed by atoms with Crippen LogP contribution in [-0.4, -0.2) is 24.0 Å². The second-order valence-corrected chi connectivity index (χ2v) is 5.13. The number of hydrogen-bond acceptors (Lipinski definition) is 2. The number of aryl methyl sites for hydroxylation is 1. The summed E-state index contributed by atoms with van der Waals surface area (Å²) in [5.74, 6) is 1.59. The standard InChI is InChI=1S/C14H19NOS/c1-12(2)10-15-14(16)11-17-9-8-13-6-4-3-5-7-13/h3-7H,1,8-11H2,2H3,(H,15,16). The molecule has 1 aromatic rings. The Labute approximate surface area is 107 Å². The largest absolute Gasteiger partial charge is 0.352 e. The summed E-state index contributed by atoms with van der Waals surface area (Å²) in [7, 11) is 0. The normalized spacial score (nSPS) is 9.94. The summed E-state index contributed by atoms with van der Waals surface area (Å²) in [5.41, 5.74) is 2.30. The van der Waals surface area contributed by atoms with Crippen LogP contribution in [0.5, 0.6) is 0 Å². The van der Waals surface area contributed by atoms with E-state index in [1.165, 1.54) is 5.56 Å². The Kier molecular flexibility index (Phi) is 6.48. The molecule has 0 aromatic heterocycles. The van der Waals surface area contributed by atoms with Crippen molar-refractivity contribution in [3.05, 3.63) is 48.0 Å². The lowest BCUT2D eigenvalue weighted by Crippen LogP contribution is -2.26. The number of hydrogen-bond donors (Lipinski definition) is 1. The van der Waals surface area contributed by atoms with Crippen LogP contribution in [0.25, 0.3) is 0 Å². The van der Waals surface area contributed by atoms with E-state index in [0.29, 0.717) is 12.3 Å². The zero-order valence-corrected chi connectivity index (χ0v) is 11.1. The molecule has 0 unspecified atom stereocenters. The minimum Gasteiger partial charge on any atom is -0.352 e. The minimum atomic E-state index is 0.0889. The number of rotatable bonds is 7. The van der Waals surface area contributed by atoms with Crippen molar-refractivity contribution >= 4 is 17.7 Å². The van der Waals surface area contributed by atoms with Crippen molar-refractivity contribution < 1.29 is 4.79 Å². The van der Waals surface area contributed by atoms with Crippen molar-refractivity contribution in [2.45, 2.75) is 13.3 Å². The second kappa shape index (κ2) is 7.96. The molecule has 0 fully saturated rings. The van der Waals surface area contributed by atoms with E-state index in [9.17, 15) is 4.79 Å². The third-order valence-electron chi connectivity index (χ3n) is 2.20. The molecule has 3 heteroatoms. The van der Waals surface area contributed by atoms with E-state index in [2.05, 4.69) is 24.0 Å². The highest BCUT2D eigenvalue weighted by Crippen LogP contribution is 2.06. The van der Waals surface area contributed by atoms with Crippen molar-refractivity contribution in [1.29, 1.82) is 0 Å². The van der Waals surface area contributed by atoms with E-state index in [-0.39, 0.29) is 5.91 Å². The molecule has 0 atom stereocenters. The van der Waals surface area contributed by atoms with Crippen molar-refractivity contribution in [3.8, 4) is 0 Å². The lowest BCUT2D eigenvalue weighted by atomic mass is 10.2. The van der Waals surface area contributed by atoms with Gasteiger partial charge >= 0.3 is 0 Å². The van der Waals surface area contributed by atoms with Gasteiger partial charge in [0.2, 0.25) is 5.91 Å². The van der Waals surface area contributed by atoms with E-state index < -0.39 is 0 Å². The zero-order chi connectivity index (χ0) is 12.5. The smallest absolute Gasteiger partial charge is 0.230 e. The van der Waals surface area contributed by atoms with E-state index >= 15 is 0 Å². The van der Waals surface area contributed by atoms with Gasteiger partial charge in [0.1, 0.15) is 0 Å². The first-order chi connectivity index (χ1) is 8.18. The molecule has 0 aliphatic heterocycles. The van der Waals surface area contributed by atoms with Gasteiger partial charge in [-0.1, -0.05) is 42.5 Å². The Hall–Kier alpha value is -1.22. The van der Waals surface area contributed by atoms with Crippen LogP contribution in [0.3, 0.4) is 0 Å². The highest BCUT2D eigenvalue weighted by atomic mass is 32.2. The summed E-state index contributed by atoms with van der Waals surface area (Å²) in [4.78, 5) is 11.4. The van der Waals surface area contributed by atoms with Crippen LogP contribution in [-0.2, 0) is 11.2 Å². The van der Waals surface area contributed by atoms with Gasteiger partial charge in [0.05, 0.1) is 5.75 Å². The molecule has 0 bridgehead atoms. The lowest BCUT2D eigenvalue weighted by molar-refractivity contribution is -0.118. The average molecular weight is 249 g/mol. The predicted molar refractivity (Wildman–Crippen MR) is 75.3 cm³/mol. The third-order valence-corrected chi connectivity index (χ3v) is 3.16. The first-order valence-electron chi connectivity index (χ1n) is 5.71. The van der Waals surface area contributed by atoms with Gasteiger partial charge in [-0.2, -0.15) is 11.8 Å². The first kappa shape index (κ1) is 13.8. The topological polar surface area (TPSA) is 29.1 Å². The van der Waals surface area contributed by atoms with Crippen molar-refractivity contribution in [1.82, 2.24) is 5.32 Å². The molecule has 0 aliphatic carbocycles. The molecule has 1 N–H and O–H groups in total. The zero-order valence-electron chi connectivity index (χ0n) is 10.2. The van der Waals surface area contributed by atoms with Gasteiger partial charge < -0.3 is 5.32 Å². The Morgan fingerprint density at radius 1 is 1.35 bits per heavy atom. The lowest BCUT2D eigenvalue weighted by Gasteiger charge is -2.04. The number of thioether (sulfide) groups is 1. The van der Waals surface area contributed by atoms with Crippen LogP contribution in [0, 0.1) is 0 Å². The number of amides is 1. The van der Waals surface area contributed by atoms with Gasteiger partial charge in [-0.3, -0.25) is 4.79 Å². The van der Waals surface area contributed by atoms with Crippen molar-refractivity contribution in [2.24, 2.45) is 0 Å². The Bertz CT molecular complexity index is 362. The summed E-state index contributed by atoms with van der Waals surface area (Å²) >= 11 is 1.67. The van der Waals surface area contributed by atoms with Crippen LogP contribution in [0.2, 0.25) is 0 Å². The van der Waals surface area contributed by atoms with E-state index in [1.807, 2.05) is 25.1 Å². The molecule has 1 aromatic carbocycles. The molecule has 0 heterocycles. The van der Waals surface area contributed by atoms with Crippen LogP contribution < -0.4 is 5.32 Å². The molecule has 0 spiro atoms. The van der Waals surface area contributed by atoms with Gasteiger partial charge in [0.25, 0.3) is 0 Å². The quantitative estimate of drug-likeness (QED) is 0.594. The molecule has 92 valence electrons. The summed E-state index contributed by atoms with van der Waals surface area (Å²) in [6, 6.07) is 10.3. The maximum absolute atomic E-state index is 11.4. The average Bonchev–Trinajstić information content (AvgIpc) is 2.33. The minimum absolute atomic E-state index is 0.0889. The van der Waals surface area contributed by atoms with Crippen LogP contribution in [0.15, 0.2) is 42.5 Å². The van der Waals surface area contributed by atoms with E-state index in [4.69, 9.17) is 0 Å². The van der Waals surface area contributed by atoms with E-state index in [0.717, 1.165) is 17.7 Å². The van der Waals surface area contributed by atoms with Gasteiger partial charge in [0.15, 0.2) is 0 Å². The van der Waals surface area contributed by atoms with Gasteiger partial charge in [-0.05, 0) is 24.7 Å². The summed E-state index contributed by atoms with van der Waals surface area (Å²) in [6.45, 7) is 6.23. The number of nitrogens with one attached hydrogen (secondary N) is 1. The fourth-order valence-electron chi connectivity index (χ4n) is 1.30. The Balaban J connectivity index is 2.08. The number of carbonyl (C=O) groups is 1. The molecule has 0 saturated carbocycles. The molecule has 0 saturated heterocycles. The van der Waals surface area contributed by atoms with Crippen LogP contribution in [0.1, 0.15) is 12.5 Å². The van der Waals surface area contributed by atoms with Gasteiger partial charge in [-0.15, -0.1) is 0 Å². The molecule has 1 amide bonds. The fourth-order valence-corrected chi connectivity index (χ4v) is 2.11. The van der Waals surface area contributed by atoms with Crippen molar-refractivity contribution in [2.75, 3.05) is 18.1 Å². The summed E-state index contributed by atoms with van der Waals surface area (Å²) in [5, 5.41) is 2.82. The molecule has 1 rings (SSSR count). The fraction of sp³-hybridized carbons (Fsp3) is 0.357. The maximum atomic E-state index is 11.4. The molecular formula is C14H19NOS. The summed E-state index contributed by atoms with van der Waals surface area (Å²) < 4.78 is 0. The van der Waals surface area contributed by atoms with Crippen LogP contribution in [0.4, 0.5) is 0 Å². The van der Waals surface area contributed by atoms with E-state index in [1.54, 1.807) is 11.8 Å². The Morgan fingerprint density at radius 3 is 2.71 bits per heavy atom. The monoisotopic (exact) mass is 249 g/mol. The highest BCUT2D eigenvalue weighted by Gasteiger charge is 2.00. The first-order valence-corrected chi connectivity index (χ1v) is 6.86. The summed E-state index contributed by atoms with van der Waals surface area (Å²) in [6.07, 6.45) is 1.01. The maximum Gasteiger partial charge on any atom is 0.230 e.